The smallest absolute Gasteiger partial charge is 0.126 e. The number of hydrogen-bond donors (Lipinski definition) is 2. The maximum Gasteiger partial charge on any atom is 0.126 e. The Hall–Kier alpha value is -3.18. The minimum absolute atomic E-state index is 0.250. The Morgan fingerprint density at radius 1 is 1.06 bits per heavy atom. The van der Waals surface area contributed by atoms with Gasteiger partial charge in [-0.25, -0.2) is 4.98 Å². The molecule has 2 N–H and O–H groups in total. The first kappa shape index (κ1) is 22.6. The molecule has 3 aromatic rings. The lowest BCUT2D eigenvalue weighted by Crippen LogP contribution is -2.49. The zero-order chi connectivity index (χ0) is 23.5. The number of piperidine rings is 1. The summed E-state index contributed by atoms with van der Waals surface area (Å²) >= 11 is 0. The number of amidine groups is 1. The molecule has 0 amide bonds. The van der Waals surface area contributed by atoms with Crippen LogP contribution in [0.5, 0.6) is 0 Å². The molecule has 5 rings (SSSR count). The highest BCUT2D eigenvalue weighted by Gasteiger charge is 2.36. The first-order valence-electron chi connectivity index (χ1n) is 12.4. The Kier molecular flexibility index (Phi) is 6.63. The summed E-state index contributed by atoms with van der Waals surface area (Å²) in [6.07, 6.45) is 4.00. The van der Waals surface area contributed by atoms with Crippen LogP contribution in [0.3, 0.4) is 0 Å². The molecule has 2 aromatic carbocycles. The summed E-state index contributed by atoms with van der Waals surface area (Å²) in [5, 5.41) is 12.8. The molecule has 0 aliphatic carbocycles. The molecule has 176 valence electrons. The average Bonchev–Trinajstić information content (AvgIpc) is 2.88. The first-order valence-corrected chi connectivity index (χ1v) is 12.4. The summed E-state index contributed by atoms with van der Waals surface area (Å²) < 4.78 is 0. The molecule has 0 radical (unpaired) electrons. The fourth-order valence-electron chi connectivity index (χ4n) is 5.53. The van der Waals surface area contributed by atoms with Crippen molar-refractivity contribution in [2.45, 2.75) is 44.8 Å². The van der Waals surface area contributed by atoms with Crippen molar-refractivity contribution in [1.82, 2.24) is 14.8 Å². The summed E-state index contributed by atoms with van der Waals surface area (Å²) in [6, 6.07) is 23.7. The number of aromatic nitrogens is 1. The van der Waals surface area contributed by atoms with Gasteiger partial charge in [-0.2, -0.15) is 0 Å². The van der Waals surface area contributed by atoms with Crippen LogP contribution in [0.4, 0.5) is 5.82 Å². The number of pyridine rings is 1. The van der Waals surface area contributed by atoms with Crippen molar-refractivity contribution in [2.24, 2.45) is 5.92 Å². The molecule has 5 nitrogen and oxygen atoms in total. The topological polar surface area (TPSA) is 55.3 Å². The number of likely N-dealkylation sites (tertiary alicyclic amines) is 1. The van der Waals surface area contributed by atoms with Gasteiger partial charge in [-0.1, -0.05) is 60.7 Å². The number of anilines is 1. The standard InChI is InChI=1S/C29H35N5/c1-21-15-24-18-32-28(31-17-22-9-5-3-6-10-22)16-25(24)19-34(21)29(30)26-13-14-33(2)20-27(26)23-11-7-4-8-12-23/h3-12,16,18,21,26-27,30H,13-15,17,19-20H2,1-2H3,(H,31,32)/t21-,26+,27-/m1/s1. The van der Waals surface area contributed by atoms with Crippen LogP contribution in [0.1, 0.15) is 41.5 Å². The number of benzene rings is 2. The number of likely N-dealkylation sites (N-methyl/N-ethyl adjacent to an activating group) is 1. The molecule has 5 heteroatoms. The molecule has 3 heterocycles. The summed E-state index contributed by atoms with van der Waals surface area (Å²) in [4.78, 5) is 9.42. The fourth-order valence-corrected chi connectivity index (χ4v) is 5.53. The normalized spacial score (nSPS) is 22.8. The SMILES string of the molecule is C[C@@H]1Cc2cnc(NCc3ccccc3)cc2CN1C(=N)[C@H]1CCN(C)C[C@@H]1c1ccccc1. The molecule has 0 bridgehead atoms. The molecular formula is C29H35N5. The van der Waals surface area contributed by atoms with Gasteiger partial charge < -0.3 is 15.1 Å². The van der Waals surface area contributed by atoms with Crippen LogP contribution in [0.15, 0.2) is 72.9 Å². The van der Waals surface area contributed by atoms with Crippen molar-refractivity contribution < 1.29 is 0 Å². The van der Waals surface area contributed by atoms with Crippen LogP contribution in [-0.2, 0) is 19.5 Å². The zero-order valence-electron chi connectivity index (χ0n) is 20.2. The van der Waals surface area contributed by atoms with Crippen LogP contribution < -0.4 is 5.32 Å². The fraction of sp³-hybridized carbons (Fsp3) is 0.379. The van der Waals surface area contributed by atoms with E-state index < -0.39 is 0 Å². The van der Waals surface area contributed by atoms with Gasteiger partial charge in [0.15, 0.2) is 0 Å². The van der Waals surface area contributed by atoms with E-state index in [1.165, 1.54) is 22.3 Å². The lowest BCUT2D eigenvalue weighted by atomic mass is 9.79. The van der Waals surface area contributed by atoms with E-state index in [9.17, 15) is 5.41 Å². The molecule has 0 spiro atoms. The van der Waals surface area contributed by atoms with E-state index in [-0.39, 0.29) is 5.92 Å². The van der Waals surface area contributed by atoms with Crippen molar-refractivity contribution in [1.29, 1.82) is 5.41 Å². The van der Waals surface area contributed by atoms with Gasteiger partial charge in [0.05, 0.1) is 0 Å². The molecule has 2 aliphatic rings. The van der Waals surface area contributed by atoms with Crippen molar-refractivity contribution in [2.75, 3.05) is 25.5 Å². The second-order valence-corrected chi connectivity index (χ2v) is 9.92. The Morgan fingerprint density at radius 3 is 2.56 bits per heavy atom. The minimum Gasteiger partial charge on any atom is -0.366 e. The Balaban J connectivity index is 1.33. The molecule has 2 aliphatic heterocycles. The molecule has 1 fully saturated rings. The van der Waals surface area contributed by atoms with E-state index in [4.69, 9.17) is 0 Å². The summed E-state index contributed by atoms with van der Waals surface area (Å²) in [6.45, 7) is 5.86. The van der Waals surface area contributed by atoms with Gasteiger partial charge in [0.25, 0.3) is 0 Å². The largest absolute Gasteiger partial charge is 0.366 e. The number of fused-ring (bicyclic) bond motifs is 1. The lowest BCUT2D eigenvalue weighted by Gasteiger charge is -2.44. The molecule has 3 atom stereocenters. The zero-order valence-corrected chi connectivity index (χ0v) is 20.2. The van der Waals surface area contributed by atoms with Gasteiger partial charge in [-0.15, -0.1) is 0 Å². The summed E-state index contributed by atoms with van der Waals surface area (Å²) in [7, 11) is 2.20. The van der Waals surface area contributed by atoms with E-state index in [1.54, 1.807) is 0 Å². The van der Waals surface area contributed by atoms with Crippen LogP contribution in [0, 0.1) is 11.3 Å². The van der Waals surface area contributed by atoms with Crippen LogP contribution >= 0.6 is 0 Å². The molecule has 1 saturated heterocycles. The van der Waals surface area contributed by atoms with Gasteiger partial charge in [-0.3, -0.25) is 5.41 Å². The van der Waals surface area contributed by atoms with Gasteiger partial charge in [0, 0.05) is 43.7 Å². The average molecular weight is 454 g/mol. The lowest BCUT2D eigenvalue weighted by molar-refractivity contribution is 0.200. The molecule has 0 saturated carbocycles. The van der Waals surface area contributed by atoms with E-state index in [0.29, 0.717) is 12.0 Å². The monoisotopic (exact) mass is 453 g/mol. The van der Waals surface area contributed by atoms with Crippen LogP contribution in [0.2, 0.25) is 0 Å². The van der Waals surface area contributed by atoms with Gasteiger partial charge in [0.1, 0.15) is 11.7 Å². The third kappa shape index (κ3) is 4.85. The van der Waals surface area contributed by atoms with Crippen molar-refractivity contribution >= 4 is 11.7 Å². The molecule has 1 aromatic heterocycles. The van der Waals surface area contributed by atoms with Gasteiger partial charge >= 0.3 is 0 Å². The van der Waals surface area contributed by atoms with E-state index in [0.717, 1.165) is 50.7 Å². The Bertz CT molecular complexity index is 1110. The second-order valence-electron chi connectivity index (χ2n) is 9.92. The predicted molar refractivity (Wildman–Crippen MR) is 139 cm³/mol. The number of nitrogens with one attached hydrogen (secondary N) is 2. The van der Waals surface area contributed by atoms with E-state index in [2.05, 4.69) is 94.7 Å². The number of nitrogens with zero attached hydrogens (tertiary/aromatic N) is 3. The first-order chi connectivity index (χ1) is 16.6. The van der Waals surface area contributed by atoms with Crippen molar-refractivity contribution in [3.8, 4) is 0 Å². The van der Waals surface area contributed by atoms with E-state index >= 15 is 0 Å². The maximum atomic E-state index is 9.32. The highest BCUT2D eigenvalue weighted by molar-refractivity contribution is 5.83. The molecular weight excluding hydrogens is 418 g/mol. The Labute approximate surface area is 203 Å². The van der Waals surface area contributed by atoms with Crippen molar-refractivity contribution in [3.05, 3.63) is 95.2 Å². The predicted octanol–water partition coefficient (Wildman–Crippen LogP) is 5.15. The summed E-state index contributed by atoms with van der Waals surface area (Å²) in [5.41, 5.74) is 5.20. The molecule has 0 unspecified atom stereocenters. The maximum absolute atomic E-state index is 9.32. The Morgan fingerprint density at radius 2 is 1.79 bits per heavy atom. The van der Waals surface area contributed by atoms with Crippen molar-refractivity contribution in [3.63, 3.8) is 0 Å². The third-order valence-corrected chi connectivity index (χ3v) is 7.49. The molecule has 34 heavy (non-hydrogen) atoms. The highest BCUT2D eigenvalue weighted by atomic mass is 15.2. The van der Waals surface area contributed by atoms with Gasteiger partial charge in [-0.05, 0) is 61.7 Å². The number of hydrogen-bond acceptors (Lipinski definition) is 4. The quantitative estimate of drug-likeness (QED) is 0.414. The van der Waals surface area contributed by atoms with Crippen LogP contribution in [0.25, 0.3) is 0 Å². The van der Waals surface area contributed by atoms with E-state index in [1.807, 2.05) is 12.3 Å². The minimum atomic E-state index is 0.250. The summed E-state index contributed by atoms with van der Waals surface area (Å²) in [5.74, 6) is 2.32. The van der Waals surface area contributed by atoms with Crippen LogP contribution in [-0.4, -0.2) is 46.8 Å². The number of rotatable bonds is 5. The highest BCUT2D eigenvalue weighted by Crippen LogP contribution is 2.36. The van der Waals surface area contributed by atoms with Gasteiger partial charge in [0.2, 0.25) is 0 Å². The third-order valence-electron chi connectivity index (χ3n) is 7.49. The second kappa shape index (κ2) is 9.98.